The number of hydrogen-bond acceptors (Lipinski definition) is 8. The first-order valence-electron chi connectivity index (χ1n) is 8.68. The van der Waals surface area contributed by atoms with Crippen LogP contribution in [-0.2, 0) is 9.53 Å². The van der Waals surface area contributed by atoms with Crippen molar-refractivity contribution in [2.75, 3.05) is 23.8 Å². The van der Waals surface area contributed by atoms with Crippen LogP contribution in [-0.4, -0.2) is 34.9 Å². The SMILES string of the molecule is Cc1cccc([N+](=O)[O-])c1NC(=O)COC(=O)c1csc(NCCC(C)C)n1. The summed E-state index contributed by atoms with van der Waals surface area (Å²) in [7, 11) is 0. The zero-order chi connectivity index (χ0) is 20.7. The lowest BCUT2D eigenvalue weighted by molar-refractivity contribution is -0.384. The van der Waals surface area contributed by atoms with Gasteiger partial charge in [-0.05, 0) is 24.8 Å². The summed E-state index contributed by atoms with van der Waals surface area (Å²) in [4.78, 5) is 38.7. The van der Waals surface area contributed by atoms with Gasteiger partial charge in [-0.15, -0.1) is 11.3 Å². The number of anilines is 2. The Morgan fingerprint density at radius 1 is 1.36 bits per heavy atom. The number of carbonyl (C=O) groups is 2. The van der Waals surface area contributed by atoms with Gasteiger partial charge >= 0.3 is 5.97 Å². The van der Waals surface area contributed by atoms with Crippen molar-refractivity contribution in [3.8, 4) is 0 Å². The van der Waals surface area contributed by atoms with Gasteiger partial charge in [-0.2, -0.15) is 0 Å². The zero-order valence-corrected chi connectivity index (χ0v) is 16.7. The third kappa shape index (κ3) is 6.02. The molecule has 0 spiro atoms. The van der Waals surface area contributed by atoms with Crippen molar-refractivity contribution in [1.29, 1.82) is 0 Å². The second-order valence-electron chi connectivity index (χ2n) is 6.50. The van der Waals surface area contributed by atoms with E-state index in [9.17, 15) is 19.7 Å². The summed E-state index contributed by atoms with van der Waals surface area (Å²) in [6.45, 7) is 6.04. The third-order valence-corrected chi connectivity index (χ3v) is 4.56. The topological polar surface area (TPSA) is 123 Å². The summed E-state index contributed by atoms with van der Waals surface area (Å²) < 4.78 is 4.95. The van der Waals surface area contributed by atoms with Crippen LogP contribution in [0.4, 0.5) is 16.5 Å². The minimum Gasteiger partial charge on any atom is -0.451 e. The van der Waals surface area contributed by atoms with Gasteiger partial charge in [-0.3, -0.25) is 14.9 Å². The normalized spacial score (nSPS) is 10.6. The van der Waals surface area contributed by atoms with Crippen LogP contribution in [0.25, 0.3) is 0 Å². The smallest absolute Gasteiger partial charge is 0.358 e. The maximum absolute atomic E-state index is 12.0. The van der Waals surface area contributed by atoms with E-state index in [1.165, 1.54) is 23.5 Å². The Labute approximate surface area is 166 Å². The molecule has 0 aliphatic rings. The van der Waals surface area contributed by atoms with Crippen LogP contribution < -0.4 is 10.6 Å². The molecule has 0 aliphatic heterocycles. The van der Waals surface area contributed by atoms with Crippen molar-refractivity contribution in [2.24, 2.45) is 5.92 Å². The standard InChI is InChI=1S/C18H22N4O5S/c1-11(2)7-8-19-18-20-13(10-28-18)17(24)27-9-15(23)21-16-12(3)5-4-6-14(16)22(25)26/h4-6,10-11H,7-9H2,1-3H3,(H,19,20)(H,21,23). The largest absolute Gasteiger partial charge is 0.451 e. The van der Waals surface area contributed by atoms with Gasteiger partial charge in [-0.1, -0.05) is 26.0 Å². The molecule has 150 valence electrons. The van der Waals surface area contributed by atoms with E-state index in [1.807, 2.05) is 0 Å². The molecule has 0 bridgehead atoms. The molecule has 0 saturated carbocycles. The summed E-state index contributed by atoms with van der Waals surface area (Å²) in [5, 5.41) is 18.8. The lowest BCUT2D eigenvalue weighted by atomic mass is 10.1. The minimum atomic E-state index is -0.734. The molecule has 10 heteroatoms. The first-order chi connectivity index (χ1) is 13.3. The number of benzene rings is 1. The predicted molar refractivity (Wildman–Crippen MR) is 107 cm³/mol. The Bertz CT molecular complexity index is 865. The molecular formula is C18H22N4O5S. The van der Waals surface area contributed by atoms with Gasteiger partial charge < -0.3 is 15.4 Å². The Morgan fingerprint density at radius 2 is 2.11 bits per heavy atom. The highest BCUT2D eigenvalue weighted by molar-refractivity contribution is 7.13. The molecule has 0 atom stereocenters. The fourth-order valence-corrected chi connectivity index (χ4v) is 2.97. The number of nitrogens with one attached hydrogen (secondary N) is 2. The molecule has 0 fully saturated rings. The van der Waals surface area contributed by atoms with E-state index in [2.05, 4.69) is 29.5 Å². The number of ether oxygens (including phenoxy) is 1. The van der Waals surface area contributed by atoms with Crippen LogP contribution in [0.1, 0.15) is 36.3 Å². The van der Waals surface area contributed by atoms with Gasteiger partial charge in [0.15, 0.2) is 17.4 Å². The van der Waals surface area contributed by atoms with Gasteiger partial charge in [0.1, 0.15) is 5.69 Å². The molecule has 1 aromatic heterocycles. The summed E-state index contributed by atoms with van der Waals surface area (Å²) in [6.07, 6.45) is 0.977. The molecule has 0 unspecified atom stereocenters. The van der Waals surface area contributed by atoms with Crippen LogP contribution in [0.5, 0.6) is 0 Å². The molecule has 28 heavy (non-hydrogen) atoms. The lowest BCUT2D eigenvalue weighted by Crippen LogP contribution is -2.22. The molecule has 0 saturated heterocycles. The second-order valence-corrected chi connectivity index (χ2v) is 7.36. The van der Waals surface area contributed by atoms with E-state index in [4.69, 9.17) is 4.74 Å². The maximum Gasteiger partial charge on any atom is 0.358 e. The monoisotopic (exact) mass is 406 g/mol. The van der Waals surface area contributed by atoms with E-state index in [-0.39, 0.29) is 17.1 Å². The van der Waals surface area contributed by atoms with Gasteiger partial charge in [0.25, 0.3) is 11.6 Å². The Hall–Kier alpha value is -3.01. The number of aromatic nitrogens is 1. The van der Waals surface area contributed by atoms with Crippen molar-refractivity contribution >= 4 is 39.7 Å². The second kappa shape index (κ2) is 9.79. The van der Waals surface area contributed by atoms with Crippen molar-refractivity contribution < 1.29 is 19.2 Å². The van der Waals surface area contributed by atoms with Gasteiger partial charge in [0.05, 0.1) is 4.92 Å². The number of nitrogens with zero attached hydrogens (tertiary/aromatic N) is 2. The number of rotatable bonds is 9. The zero-order valence-electron chi connectivity index (χ0n) is 15.9. The number of nitro benzene ring substituents is 1. The van der Waals surface area contributed by atoms with Crippen LogP contribution in [0.15, 0.2) is 23.6 Å². The summed E-state index contributed by atoms with van der Waals surface area (Å²) in [5.74, 6) is -0.849. The summed E-state index contributed by atoms with van der Waals surface area (Å²) >= 11 is 1.27. The number of para-hydroxylation sites is 1. The van der Waals surface area contributed by atoms with Crippen LogP contribution in [0, 0.1) is 23.0 Å². The first-order valence-corrected chi connectivity index (χ1v) is 9.56. The molecule has 2 rings (SSSR count). The highest BCUT2D eigenvalue weighted by atomic mass is 32.1. The molecule has 0 radical (unpaired) electrons. The average Bonchev–Trinajstić information content (AvgIpc) is 3.10. The van der Waals surface area contributed by atoms with Crippen LogP contribution >= 0.6 is 11.3 Å². The molecule has 9 nitrogen and oxygen atoms in total. The molecule has 2 aromatic rings. The molecule has 0 aliphatic carbocycles. The first kappa shape index (κ1) is 21.3. The summed E-state index contributed by atoms with van der Waals surface area (Å²) in [5.41, 5.74) is 0.493. The van der Waals surface area contributed by atoms with Crippen LogP contribution in [0.3, 0.4) is 0 Å². The molecule has 1 aromatic carbocycles. The number of amides is 1. The van der Waals surface area contributed by atoms with Crippen molar-refractivity contribution in [3.05, 3.63) is 45.0 Å². The van der Waals surface area contributed by atoms with E-state index in [1.54, 1.807) is 18.4 Å². The fraction of sp³-hybridized carbons (Fsp3) is 0.389. The quantitative estimate of drug-likeness (QED) is 0.370. The highest BCUT2D eigenvalue weighted by Gasteiger charge is 2.19. The van der Waals surface area contributed by atoms with Crippen LogP contribution in [0.2, 0.25) is 0 Å². The minimum absolute atomic E-state index is 0.0823. The van der Waals surface area contributed by atoms with E-state index in [0.29, 0.717) is 16.6 Å². The predicted octanol–water partition coefficient (Wildman–Crippen LogP) is 3.61. The number of hydrogen-bond donors (Lipinski definition) is 2. The molecular weight excluding hydrogens is 384 g/mol. The average molecular weight is 406 g/mol. The van der Waals surface area contributed by atoms with Gasteiger partial charge in [-0.25, -0.2) is 9.78 Å². The number of thiazole rings is 1. The number of nitro groups is 1. The maximum atomic E-state index is 12.0. The number of esters is 1. The molecule has 1 amide bonds. The fourth-order valence-electron chi connectivity index (χ4n) is 2.26. The highest BCUT2D eigenvalue weighted by Crippen LogP contribution is 2.27. The Morgan fingerprint density at radius 3 is 2.79 bits per heavy atom. The van der Waals surface area contributed by atoms with Crippen molar-refractivity contribution in [2.45, 2.75) is 27.2 Å². The van der Waals surface area contributed by atoms with Crippen molar-refractivity contribution in [3.63, 3.8) is 0 Å². The Balaban J connectivity index is 1.89. The van der Waals surface area contributed by atoms with E-state index in [0.717, 1.165) is 13.0 Å². The van der Waals surface area contributed by atoms with E-state index < -0.39 is 23.4 Å². The van der Waals surface area contributed by atoms with Gasteiger partial charge in [0, 0.05) is 18.0 Å². The molecule has 2 N–H and O–H groups in total. The lowest BCUT2D eigenvalue weighted by Gasteiger charge is -2.09. The number of aryl methyl sites for hydroxylation is 1. The van der Waals surface area contributed by atoms with Gasteiger partial charge in [0.2, 0.25) is 0 Å². The molecule has 1 heterocycles. The summed E-state index contributed by atoms with van der Waals surface area (Å²) in [6, 6.07) is 4.45. The van der Waals surface area contributed by atoms with E-state index >= 15 is 0 Å². The Kier molecular flexibility index (Phi) is 7.44. The third-order valence-electron chi connectivity index (χ3n) is 3.76. The number of carbonyl (C=O) groups excluding carboxylic acids is 2. The van der Waals surface area contributed by atoms with Crippen molar-refractivity contribution in [1.82, 2.24) is 4.98 Å².